The first kappa shape index (κ1) is 19.6. The molecule has 0 bridgehead atoms. The molecule has 1 atom stereocenters. The Bertz CT molecular complexity index is 875. The van der Waals surface area contributed by atoms with Crippen LogP contribution in [0.1, 0.15) is 26.3 Å². The van der Waals surface area contributed by atoms with Gasteiger partial charge >= 0.3 is 11.9 Å². The molecule has 1 amide bonds. The van der Waals surface area contributed by atoms with Crippen molar-refractivity contribution < 1.29 is 23.9 Å². The number of fused-ring (bicyclic) bond motifs is 1. The minimum Gasteiger partial charge on any atom is -0.465 e. The fourth-order valence-corrected chi connectivity index (χ4v) is 3.72. The lowest BCUT2D eigenvalue weighted by Crippen LogP contribution is -2.59. The van der Waals surface area contributed by atoms with Crippen LogP contribution >= 0.6 is 0 Å². The minimum atomic E-state index is -1.84. The predicted molar refractivity (Wildman–Crippen MR) is 104 cm³/mol. The first-order valence-corrected chi connectivity index (χ1v) is 9.33. The zero-order chi connectivity index (χ0) is 20.3. The molecule has 0 saturated carbocycles. The van der Waals surface area contributed by atoms with E-state index in [0.29, 0.717) is 16.9 Å². The Kier molecular flexibility index (Phi) is 5.49. The Morgan fingerprint density at radius 1 is 0.929 bits per heavy atom. The van der Waals surface area contributed by atoms with E-state index in [-0.39, 0.29) is 19.1 Å². The SMILES string of the molecule is CCOC(=O)C1(C(=O)OCC)c2ccccc2N(c2ccccc2)C(=O)C1C. The predicted octanol–water partition coefficient (Wildman–Crippen LogP) is 3.37. The van der Waals surface area contributed by atoms with Crippen LogP contribution in [0.15, 0.2) is 54.6 Å². The van der Waals surface area contributed by atoms with Crippen molar-refractivity contribution in [2.24, 2.45) is 5.92 Å². The lowest BCUT2D eigenvalue weighted by Gasteiger charge is -2.43. The zero-order valence-electron chi connectivity index (χ0n) is 16.2. The molecule has 0 aliphatic carbocycles. The highest BCUT2D eigenvalue weighted by molar-refractivity contribution is 6.18. The number of carbonyl (C=O) groups is 3. The van der Waals surface area contributed by atoms with Gasteiger partial charge in [-0.2, -0.15) is 0 Å². The third kappa shape index (κ3) is 2.85. The molecule has 6 nitrogen and oxygen atoms in total. The van der Waals surface area contributed by atoms with Crippen LogP contribution in [0, 0.1) is 5.92 Å². The van der Waals surface area contributed by atoms with Gasteiger partial charge in [-0.15, -0.1) is 0 Å². The van der Waals surface area contributed by atoms with Gasteiger partial charge in [-0.1, -0.05) is 43.3 Å². The lowest BCUT2D eigenvalue weighted by atomic mass is 9.67. The quantitative estimate of drug-likeness (QED) is 0.587. The first-order chi connectivity index (χ1) is 13.5. The molecule has 28 heavy (non-hydrogen) atoms. The summed E-state index contributed by atoms with van der Waals surface area (Å²) in [5.41, 5.74) is -0.306. The summed E-state index contributed by atoms with van der Waals surface area (Å²) in [4.78, 5) is 41.2. The number of amides is 1. The van der Waals surface area contributed by atoms with Crippen molar-refractivity contribution in [3.8, 4) is 0 Å². The van der Waals surface area contributed by atoms with Crippen LogP contribution in [0.5, 0.6) is 0 Å². The van der Waals surface area contributed by atoms with E-state index >= 15 is 0 Å². The van der Waals surface area contributed by atoms with E-state index in [0.717, 1.165) is 0 Å². The van der Waals surface area contributed by atoms with Gasteiger partial charge in [0.05, 0.1) is 24.8 Å². The van der Waals surface area contributed by atoms with Gasteiger partial charge in [0.1, 0.15) is 0 Å². The van der Waals surface area contributed by atoms with Crippen molar-refractivity contribution in [2.45, 2.75) is 26.2 Å². The van der Waals surface area contributed by atoms with Gasteiger partial charge in [0.15, 0.2) is 0 Å². The zero-order valence-corrected chi connectivity index (χ0v) is 16.2. The fraction of sp³-hybridized carbons (Fsp3) is 0.318. The van der Waals surface area contributed by atoms with Crippen molar-refractivity contribution in [1.29, 1.82) is 0 Å². The van der Waals surface area contributed by atoms with E-state index in [1.165, 1.54) is 4.90 Å². The van der Waals surface area contributed by atoms with Crippen molar-refractivity contribution >= 4 is 29.2 Å². The average Bonchev–Trinajstić information content (AvgIpc) is 2.70. The molecule has 1 aliphatic rings. The molecule has 1 heterocycles. The normalized spacial score (nSPS) is 17.6. The highest BCUT2D eigenvalue weighted by Crippen LogP contribution is 2.48. The number of ether oxygens (including phenoxy) is 2. The third-order valence-corrected chi connectivity index (χ3v) is 5.02. The molecule has 2 aromatic rings. The number of para-hydroxylation sites is 2. The maximum Gasteiger partial charge on any atom is 0.328 e. The highest BCUT2D eigenvalue weighted by atomic mass is 16.6. The number of esters is 2. The van der Waals surface area contributed by atoms with Crippen LogP contribution in [0.25, 0.3) is 0 Å². The lowest BCUT2D eigenvalue weighted by molar-refractivity contribution is -0.170. The fourth-order valence-electron chi connectivity index (χ4n) is 3.72. The van der Waals surface area contributed by atoms with E-state index in [9.17, 15) is 14.4 Å². The van der Waals surface area contributed by atoms with Gasteiger partial charge in [-0.05, 0) is 32.0 Å². The van der Waals surface area contributed by atoms with Crippen molar-refractivity contribution in [1.82, 2.24) is 0 Å². The molecular formula is C22H23NO5. The summed E-state index contributed by atoms with van der Waals surface area (Å²) in [5, 5.41) is 0. The summed E-state index contributed by atoms with van der Waals surface area (Å²) >= 11 is 0. The largest absolute Gasteiger partial charge is 0.465 e. The number of nitrogens with zero attached hydrogens (tertiary/aromatic N) is 1. The van der Waals surface area contributed by atoms with Gasteiger partial charge in [0.2, 0.25) is 11.3 Å². The first-order valence-electron chi connectivity index (χ1n) is 9.33. The standard InChI is InChI=1S/C22H23NO5/c1-4-27-20(25)22(21(26)28-5-2)15(3)19(24)23(16-11-7-6-8-12-16)18-14-10-9-13-17(18)22/h6-15H,4-5H2,1-3H3. The van der Waals surface area contributed by atoms with E-state index in [2.05, 4.69) is 0 Å². The molecule has 2 aromatic carbocycles. The molecular weight excluding hydrogens is 358 g/mol. The Morgan fingerprint density at radius 3 is 2.04 bits per heavy atom. The summed E-state index contributed by atoms with van der Waals surface area (Å²) in [7, 11) is 0. The molecule has 0 saturated heterocycles. The maximum atomic E-state index is 13.4. The summed E-state index contributed by atoms with van der Waals surface area (Å²) in [6.07, 6.45) is 0. The van der Waals surface area contributed by atoms with Gasteiger partial charge in [-0.3, -0.25) is 19.3 Å². The highest BCUT2D eigenvalue weighted by Gasteiger charge is 2.62. The summed E-state index contributed by atoms with van der Waals surface area (Å²) in [6, 6.07) is 16.0. The molecule has 1 unspecified atom stereocenters. The van der Waals surface area contributed by atoms with Gasteiger partial charge in [0, 0.05) is 11.3 Å². The van der Waals surface area contributed by atoms with E-state index < -0.39 is 23.3 Å². The molecule has 0 fully saturated rings. The smallest absolute Gasteiger partial charge is 0.328 e. The second kappa shape index (κ2) is 7.84. The van der Waals surface area contributed by atoms with Crippen molar-refractivity contribution in [3.63, 3.8) is 0 Å². The van der Waals surface area contributed by atoms with E-state index in [1.807, 2.05) is 30.3 Å². The Morgan fingerprint density at radius 2 is 1.46 bits per heavy atom. The van der Waals surface area contributed by atoms with Crippen LogP contribution in [-0.4, -0.2) is 31.1 Å². The number of anilines is 2. The molecule has 6 heteroatoms. The number of hydrogen-bond donors (Lipinski definition) is 0. The summed E-state index contributed by atoms with van der Waals surface area (Å²) in [6.45, 7) is 5.07. The second-order valence-corrected chi connectivity index (χ2v) is 6.50. The monoisotopic (exact) mass is 381 g/mol. The van der Waals surface area contributed by atoms with Crippen LogP contribution < -0.4 is 4.90 Å². The molecule has 3 rings (SSSR count). The average molecular weight is 381 g/mol. The van der Waals surface area contributed by atoms with Gasteiger partial charge < -0.3 is 9.47 Å². The Hall–Kier alpha value is -3.15. The van der Waals surface area contributed by atoms with Crippen LogP contribution in [-0.2, 0) is 29.3 Å². The van der Waals surface area contributed by atoms with Gasteiger partial charge in [0.25, 0.3) is 0 Å². The second-order valence-electron chi connectivity index (χ2n) is 6.50. The molecule has 146 valence electrons. The molecule has 0 radical (unpaired) electrons. The Labute approximate surface area is 164 Å². The molecule has 0 N–H and O–H groups in total. The van der Waals surface area contributed by atoms with Crippen LogP contribution in [0.4, 0.5) is 11.4 Å². The summed E-state index contributed by atoms with van der Waals surface area (Å²) in [5.74, 6) is -2.91. The Balaban J connectivity index is 2.30. The minimum absolute atomic E-state index is 0.0888. The van der Waals surface area contributed by atoms with E-state index in [4.69, 9.17) is 9.47 Å². The van der Waals surface area contributed by atoms with E-state index in [1.54, 1.807) is 45.0 Å². The summed E-state index contributed by atoms with van der Waals surface area (Å²) < 4.78 is 10.5. The number of benzene rings is 2. The molecule has 0 aromatic heterocycles. The van der Waals surface area contributed by atoms with Gasteiger partial charge in [-0.25, -0.2) is 0 Å². The molecule has 1 aliphatic heterocycles. The molecule has 0 spiro atoms. The topological polar surface area (TPSA) is 72.9 Å². The number of hydrogen-bond acceptors (Lipinski definition) is 5. The third-order valence-electron chi connectivity index (χ3n) is 5.02. The van der Waals surface area contributed by atoms with Crippen molar-refractivity contribution in [2.75, 3.05) is 18.1 Å². The van der Waals surface area contributed by atoms with Crippen molar-refractivity contribution in [3.05, 3.63) is 60.2 Å². The van der Waals surface area contributed by atoms with Crippen LogP contribution in [0.3, 0.4) is 0 Å². The van der Waals surface area contributed by atoms with Crippen LogP contribution in [0.2, 0.25) is 0 Å². The number of carbonyl (C=O) groups excluding carboxylic acids is 3. The maximum absolute atomic E-state index is 13.4. The number of rotatable bonds is 5.